The lowest BCUT2D eigenvalue weighted by molar-refractivity contribution is 0.182. The molecule has 9 heteroatoms. The molecule has 1 saturated heterocycles. The second kappa shape index (κ2) is 9.05. The van der Waals surface area contributed by atoms with Gasteiger partial charge in [-0.3, -0.25) is 4.90 Å². The minimum atomic E-state index is -3.65. The highest BCUT2D eigenvalue weighted by atomic mass is 32.2. The van der Waals surface area contributed by atoms with Crippen LogP contribution in [0.15, 0.2) is 50.5 Å². The van der Waals surface area contributed by atoms with Crippen molar-refractivity contribution in [1.82, 2.24) is 9.21 Å². The third-order valence-electron chi connectivity index (χ3n) is 6.60. The maximum Gasteiger partial charge on any atom is 0.336 e. The normalized spacial score (nSPS) is 17.6. The van der Waals surface area contributed by atoms with Crippen molar-refractivity contribution < 1.29 is 22.3 Å². The van der Waals surface area contributed by atoms with Crippen LogP contribution < -0.4 is 15.1 Å². The second-order valence-electron chi connectivity index (χ2n) is 8.81. The Labute approximate surface area is 198 Å². The summed E-state index contributed by atoms with van der Waals surface area (Å²) >= 11 is 0. The van der Waals surface area contributed by atoms with E-state index in [-0.39, 0.29) is 10.5 Å². The van der Waals surface area contributed by atoms with Crippen molar-refractivity contribution in [3.05, 3.63) is 63.5 Å². The van der Waals surface area contributed by atoms with Gasteiger partial charge in [-0.2, -0.15) is 4.31 Å². The summed E-state index contributed by atoms with van der Waals surface area (Å²) in [5.74, 6) is 1.05. The largest absolute Gasteiger partial charge is 0.490 e. The van der Waals surface area contributed by atoms with Crippen molar-refractivity contribution in [2.75, 3.05) is 39.4 Å². The van der Waals surface area contributed by atoms with E-state index in [1.165, 1.54) is 10.4 Å². The van der Waals surface area contributed by atoms with Crippen molar-refractivity contribution in [1.29, 1.82) is 0 Å². The highest BCUT2D eigenvalue weighted by molar-refractivity contribution is 7.89. The molecule has 2 aliphatic rings. The van der Waals surface area contributed by atoms with Crippen molar-refractivity contribution >= 4 is 21.0 Å². The van der Waals surface area contributed by atoms with E-state index in [2.05, 4.69) is 4.90 Å². The quantitative estimate of drug-likeness (QED) is 0.526. The van der Waals surface area contributed by atoms with E-state index in [9.17, 15) is 13.2 Å². The first-order valence-electron chi connectivity index (χ1n) is 11.5. The van der Waals surface area contributed by atoms with Gasteiger partial charge >= 0.3 is 5.63 Å². The molecule has 5 rings (SSSR count). The highest BCUT2D eigenvalue weighted by Crippen LogP contribution is 2.33. The Kier molecular flexibility index (Phi) is 6.09. The molecule has 1 fully saturated rings. The van der Waals surface area contributed by atoms with Gasteiger partial charge in [0, 0.05) is 56.7 Å². The predicted molar refractivity (Wildman–Crippen MR) is 128 cm³/mol. The number of sulfonamides is 1. The molecule has 1 aromatic heterocycles. The van der Waals surface area contributed by atoms with Crippen LogP contribution in [0.3, 0.4) is 0 Å². The molecule has 0 aliphatic carbocycles. The summed E-state index contributed by atoms with van der Waals surface area (Å²) in [6.07, 6.45) is 0.760. The number of benzene rings is 2. The zero-order chi connectivity index (χ0) is 23.9. The van der Waals surface area contributed by atoms with Crippen molar-refractivity contribution in [3.63, 3.8) is 0 Å². The van der Waals surface area contributed by atoms with Crippen LogP contribution in [-0.4, -0.2) is 57.0 Å². The minimum Gasteiger partial charge on any atom is -0.490 e. The molecule has 3 aromatic rings. The molecule has 8 nitrogen and oxygen atoms in total. The lowest BCUT2D eigenvalue weighted by Crippen LogP contribution is -2.48. The third kappa shape index (κ3) is 4.31. The van der Waals surface area contributed by atoms with E-state index in [1.54, 1.807) is 18.2 Å². The molecule has 0 radical (unpaired) electrons. The monoisotopic (exact) mass is 484 g/mol. The van der Waals surface area contributed by atoms with E-state index >= 15 is 0 Å². The van der Waals surface area contributed by atoms with Crippen molar-refractivity contribution in [2.24, 2.45) is 0 Å². The van der Waals surface area contributed by atoms with Gasteiger partial charge in [0.05, 0.1) is 18.1 Å². The van der Waals surface area contributed by atoms with Crippen LogP contribution in [0, 0.1) is 13.8 Å². The van der Waals surface area contributed by atoms with Gasteiger partial charge in [-0.1, -0.05) is 12.1 Å². The molecule has 0 atom stereocenters. The number of hydrogen-bond acceptors (Lipinski definition) is 7. The summed E-state index contributed by atoms with van der Waals surface area (Å²) in [5, 5.41) is 0.921. The Morgan fingerprint density at radius 1 is 0.912 bits per heavy atom. The van der Waals surface area contributed by atoms with Crippen LogP contribution >= 0.6 is 0 Å². The summed E-state index contributed by atoms with van der Waals surface area (Å²) in [4.78, 5) is 14.6. The van der Waals surface area contributed by atoms with Gasteiger partial charge in [0.2, 0.25) is 10.0 Å². The fraction of sp³-hybridized carbons (Fsp3) is 0.400. The van der Waals surface area contributed by atoms with E-state index in [4.69, 9.17) is 13.9 Å². The number of hydrogen-bond donors (Lipinski definition) is 0. The van der Waals surface area contributed by atoms with Crippen molar-refractivity contribution in [3.8, 4) is 11.5 Å². The van der Waals surface area contributed by atoms with Crippen molar-refractivity contribution in [2.45, 2.75) is 31.7 Å². The average molecular weight is 485 g/mol. The van der Waals surface area contributed by atoms with Crippen LogP contribution in [0.5, 0.6) is 11.5 Å². The Morgan fingerprint density at radius 2 is 1.65 bits per heavy atom. The number of nitrogens with zero attached hydrogens (tertiary/aromatic N) is 2. The summed E-state index contributed by atoms with van der Waals surface area (Å²) < 4.78 is 44.8. The third-order valence-corrected chi connectivity index (χ3v) is 8.49. The number of piperazine rings is 1. The van der Waals surface area contributed by atoms with Gasteiger partial charge in [-0.25, -0.2) is 13.2 Å². The van der Waals surface area contributed by atoms with E-state index in [0.717, 1.165) is 28.5 Å². The molecule has 0 unspecified atom stereocenters. The second-order valence-corrected chi connectivity index (χ2v) is 10.8. The molecule has 2 aliphatic heterocycles. The fourth-order valence-corrected chi connectivity index (χ4v) is 5.92. The summed E-state index contributed by atoms with van der Waals surface area (Å²) in [6.45, 7) is 7.43. The first-order valence-corrected chi connectivity index (χ1v) is 12.9. The summed E-state index contributed by atoms with van der Waals surface area (Å²) in [5.41, 5.74) is 3.18. The molecule has 2 aromatic carbocycles. The Hall–Kier alpha value is -2.88. The number of fused-ring (bicyclic) bond motifs is 2. The molecule has 180 valence electrons. The maximum atomic E-state index is 13.3. The molecule has 0 spiro atoms. The van der Waals surface area contributed by atoms with Crippen LogP contribution in [0.4, 0.5) is 0 Å². The zero-order valence-corrected chi connectivity index (χ0v) is 20.2. The first kappa shape index (κ1) is 22.9. The molecular formula is C25H28N2O6S. The Morgan fingerprint density at radius 3 is 2.41 bits per heavy atom. The van der Waals surface area contributed by atoms with Crippen LogP contribution in [-0.2, 0) is 16.6 Å². The van der Waals surface area contributed by atoms with Gasteiger partial charge in [0.1, 0.15) is 5.58 Å². The first-order chi connectivity index (χ1) is 16.3. The number of rotatable bonds is 4. The van der Waals surface area contributed by atoms with Crippen LogP contribution in [0.25, 0.3) is 11.0 Å². The Balaban J connectivity index is 1.31. The topological polar surface area (TPSA) is 89.3 Å². The molecule has 0 saturated carbocycles. The molecule has 0 N–H and O–H groups in total. The van der Waals surface area contributed by atoms with E-state index < -0.39 is 10.0 Å². The van der Waals surface area contributed by atoms with Crippen LogP contribution in [0.1, 0.15) is 23.1 Å². The van der Waals surface area contributed by atoms with Gasteiger partial charge in [0.15, 0.2) is 11.5 Å². The molecule has 0 bridgehead atoms. The average Bonchev–Trinajstić information content (AvgIpc) is 3.07. The molecule has 34 heavy (non-hydrogen) atoms. The molecular weight excluding hydrogens is 456 g/mol. The van der Waals surface area contributed by atoms with Gasteiger partial charge < -0.3 is 13.9 Å². The summed E-state index contributed by atoms with van der Waals surface area (Å²) in [6, 6.07) is 10.4. The zero-order valence-electron chi connectivity index (χ0n) is 19.4. The molecule has 3 heterocycles. The standard InChI is InChI=1S/C25H28N2O6S/c1-17-4-6-21-19(14-24(28)33-25(21)18(17)2)16-26-8-10-27(11-9-26)34(29,30)20-5-7-22-23(15-20)32-13-3-12-31-22/h4-7,14-15H,3,8-13,16H2,1-2H3. The van der Waals surface area contributed by atoms with Gasteiger partial charge in [0.25, 0.3) is 0 Å². The fourth-order valence-electron chi connectivity index (χ4n) is 4.48. The maximum absolute atomic E-state index is 13.3. The minimum absolute atomic E-state index is 0.211. The van der Waals surface area contributed by atoms with Crippen LogP contribution in [0.2, 0.25) is 0 Å². The highest BCUT2D eigenvalue weighted by Gasteiger charge is 2.30. The van der Waals surface area contributed by atoms with Gasteiger partial charge in [-0.15, -0.1) is 0 Å². The lowest BCUT2D eigenvalue weighted by Gasteiger charge is -2.34. The van der Waals surface area contributed by atoms with E-state index in [0.29, 0.717) is 63.0 Å². The number of ether oxygens (including phenoxy) is 2. The number of aryl methyl sites for hydroxylation is 2. The predicted octanol–water partition coefficient (Wildman–Crippen LogP) is 3.08. The Bertz CT molecular complexity index is 1390. The lowest BCUT2D eigenvalue weighted by atomic mass is 10.0. The molecule has 0 amide bonds. The van der Waals surface area contributed by atoms with Gasteiger partial charge in [-0.05, 0) is 42.7 Å². The smallest absolute Gasteiger partial charge is 0.336 e. The summed E-state index contributed by atoms with van der Waals surface area (Å²) in [7, 11) is -3.65. The SMILES string of the molecule is Cc1ccc2c(CN3CCN(S(=O)(=O)c4ccc5c(c4)OCCCO5)CC3)cc(=O)oc2c1C. The van der Waals surface area contributed by atoms with E-state index in [1.807, 2.05) is 26.0 Å².